The highest BCUT2D eigenvalue weighted by molar-refractivity contribution is 7.98. The number of benzene rings is 2. The van der Waals surface area contributed by atoms with Gasteiger partial charge in [-0.1, -0.05) is 24.3 Å². The van der Waals surface area contributed by atoms with Crippen LogP contribution in [0.15, 0.2) is 53.4 Å². The fraction of sp³-hybridized carbons (Fsp3) is 0.294. The van der Waals surface area contributed by atoms with Gasteiger partial charge < -0.3 is 9.84 Å². The molecule has 0 heterocycles. The van der Waals surface area contributed by atoms with Gasteiger partial charge in [0, 0.05) is 4.90 Å². The molecule has 0 radical (unpaired) electrons. The van der Waals surface area contributed by atoms with Crippen LogP contribution in [-0.2, 0) is 0 Å². The zero-order chi connectivity index (χ0) is 13.9. The third kappa shape index (κ3) is 3.17. The topological polar surface area (TPSA) is 29.5 Å². The highest BCUT2D eigenvalue weighted by Crippen LogP contribution is 2.30. The Balaban J connectivity index is 1.79. The lowest BCUT2D eigenvalue weighted by molar-refractivity contribution is 0.219. The summed E-state index contributed by atoms with van der Waals surface area (Å²) in [6.07, 6.45) is 4.10. The fourth-order valence-electron chi connectivity index (χ4n) is 2.11. The zero-order valence-electron chi connectivity index (χ0n) is 11.5. The minimum absolute atomic E-state index is 0.378. The van der Waals surface area contributed by atoms with E-state index in [4.69, 9.17) is 4.74 Å². The van der Waals surface area contributed by atoms with E-state index in [1.165, 1.54) is 4.90 Å². The molecule has 2 nitrogen and oxygen atoms in total. The second-order valence-corrected chi connectivity index (χ2v) is 5.95. The van der Waals surface area contributed by atoms with Crippen LogP contribution in [0.2, 0.25) is 0 Å². The number of ether oxygens (including phenoxy) is 1. The Kier molecular flexibility index (Phi) is 3.99. The van der Waals surface area contributed by atoms with Gasteiger partial charge in [-0.2, -0.15) is 0 Å². The summed E-state index contributed by atoms with van der Waals surface area (Å²) in [7, 11) is 0. The molecule has 0 aliphatic heterocycles. The van der Waals surface area contributed by atoms with Gasteiger partial charge in [-0.15, -0.1) is 11.8 Å². The lowest BCUT2D eigenvalue weighted by Crippen LogP contribution is -2.01. The molecule has 2 aromatic rings. The van der Waals surface area contributed by atoms with E-state index in [1.54, 1.807) is 11.8 Å². The molecule has 0 saturated heterocycles. The molecule has 0 amide bonds. The maximum absolute atomic E-state index is 10.5. The van der Waals surface area contributed by atoms with Crippen LogP contribution >= 0.6 is 11.8 Å². The van der Waals surface area contributed by atoms with Crippen LogP contribution < -0.4 is 4.74 Å². The Bertz CT molecular complexity index is 576. The largest absolute Gasteiger partial charge is 0.490 e. The average Bonchev–Trinajstić information content (AvgIpc) is 3.31. The van der Waals surface area contributed by atoms with Crippen LogP contribution in [0.25, 0.3) is 0 Å². The monoisotopic (exact) mass is 286 g/mol. The van der Waals surface area contributed by atoms with Crippen molar-refractivity contribution in [3.63, 3.8) is 0 Å². The van der Waals surface area contributed by atoms with E-state index in [0.717, 1.165) is 29.7 Å². The van der Waals surface area contributed by atoms with Gasteiger partial charge in [0.25, 0.3) is 0 Å². The number of rotatable bonds is 5. The lowest BCUT2D eigenvalue weighted by atomic mass is 10.0. The Morgan fingerprint density at radius 3 is 2.50 bits per heavy atom. The Hall–Kier alpha value is -1.45. The van der Waals surface area contributed by atoms with Gasteiger partial charge >= 0.3 is 0 Å². The summed E-state index contributed by atoms with van der Waals surface area (Å²) in [4.78, 5) is 1.20. The fourth-order valence-corrected chi connectivity index (χ4v) is 2.52. The summed E-state index contributed by atoms with van der Waals surface area (Å²) in [6, 6.07) is 15.8. The summed E-state index contributed by atoms with van der Waals surface area (Å²) in [5.41, 5.74) is 1.78. The molecular weight excluding hydrogens is 268 g/mol. The first-order valence-corrected chi connectivity index (χ1v) is 8.07. The quantitative estimate of drug-likeness (QED) is 0.841. The first-order valence-electron chi connectivity index (χ1n) is 6.85. The van der Waals surface area contributed by atoms with Crippen LogP contribution in [0.5, 0.6) is 5.75 Å². The summed E-state index contributed by atoms with van der Waals surface area (Å²) in [5.74, 6) is 0.852. The van der Waals surface area contributed by atoms with Crippen LogP contribution in [-0.4, -0.2) is 17.5 Å². The highest BCUT2D eigenvalue weighted by atomic mass is 32.2. The van der Waals surface area contributed by atoms with E-state index in [2.05, 4.69) is 0 Å². The van der Waals surface area contributed by atoms with Crippen LogP contribution in [0, 0.1) is 0 Å². The molecule has 1 N–H and O–H groups in total. The molecule has 3 heteroatoms. The number of hydrogen-bond acceptors (Lipinski definition) is 3. The normalized spacial score (nSPS) is 15.9. The molecule has 1 aliphatic rings. The van der Waals surface area contributed by atoms with Gasteiger partial charge in [-0.05, 0) is 54.5 Å². The smallest absolute Gasteiger partial charge is 0.120 e. The standard InChI is InChI=1S/C17H18O2S/c1-20-16-9-5-12(6-10-16)17(18)13-3-2-4-15(11-13)19-14-7-8-14/h2-6,9-11,14,17-18H,7-8H2,1H3. The molecule has 20 heavy (non-hydrogen) atoms. The van der Waals surface area contributed by atoms with Crippen molar-refractivity contribution >= 4 is 11.8 Å². The molecule has 1 saturated carbocycles. The third-order valence-electron chi connectivity index (χ3n) is 3.43. The van der Waals surface area contributed by atoms with Gasteiger partial charge in [-0.3, -0.25) is 0 Å². The van der Waals surface area contributed by atoms with Gasteiger partial charge in [0.15, 0.2) is 0 Å². The Labute approximate surface area is 123 Å². The lowest BCUT2D eigenvalue weighted by Gasteiger charge is -2.13. The van der Waals surface area contributed by atoms with Crippen molar-refractivity contribution < 1.29 is 9.84 Å². The molecule has 1 fully saturated rings. The number of thioether (sulfide) groups is 1. The van der Waals surface area contributed by atoms with Crippen molar-refractivity contribution in [3.05, 3.63) is 59.7 Å². The number of aliphatic hydroxyl groups is 1. The van der Waals surface area contributed by atoms with Crippen LogP contribution in [0.1, 0.15) is 30.1 Å². The van der Waals surface area contributed by atoms with E-state index < -0.39 is 6.10 Å². The molecule has 104 valence electrons. The summed E-state index contributed by atoms with van der Waals surface area (Å²) >= 11 is 1.70. The first kappa shape index (κ1) is 13.5. The Morgan fingerprint density at radius 1 is 1.10 bits per heavy atom. The summed E-state index contributed by atoms with van der Waals surface area (Å²) < 4.78 is 5.77. The molecule has 1 aliphatic carbocycles. The van der Waals surface area contributed by atoms with Crippen molar-refractivity contribution in [1.29, 1.82) is 0 Å². The van der Waals surface area contributed by atoms with Crippen molar-refractivity contribution in [2.45, 2.75) is 29.9 Å². The molecule has 3 rings (SSSR count). The highest BCUT2D eigenvalue weighted by Gasteiger charge is 2.23. The van der Waals surface area contributed by atoms with Crippen LogP contribution in [0.3, 0.4) is 0 Å². The van der Waals surface area contributed by atoms with Crippen molar-refractivity contribution in [3.8, 4) is 5.75 Å². The summed E-state index contributed by atoms with van der Waals surface area (Å²) in [5, 5.41) is 10.5. The predicted octanol–water partition coefficient (Wildman–Crippen LogP) is 4.03. The van der Waals surface area contributed by atoms with Crippen molar-refractivity contribution in [1.82, 2.24) is 0 Å². The molecule has 1 unspecified atom stereocenters. The van der Waals surface area contributed by atoms with Gasteiger partial charge in [0.05, 0.1) is 6.10 Å². The second-order valence-electron chi connectivity index (χ2n) is 5.07. The minimum Gasteiger partial charge on any atom is -0.490 e. The third-order valence-corrected chi connectivity index (χ3v) is 4.18. The van der Waals surface area contributed by atoms with E-state index in [1.807, 2.05) is 54.8 Å². The molecular formula is C17H18O2S. The van der Waals surface area contributed by atoms with Gasteiger partial charge in [0.2, 0.25) is 0 Å². The van der Waals surface area contributed by atoms with E-state index in [9.17, 15) is 5.11 Å². The predicted molar refractivity (Wildman–Crippen MR) is 82.4 cm³/mol. The van der Waals surface area contributed by atoms with Crippen molar-refractivity contribution in [2.24, 2.45) is 0 Å². The van der Waals surface area contributed by atoms with Gasteiger partial charge in [0.1, 0.15) is 11.9 Å². The molecule has 0 spiro atoms. The van der Waals surface area contributed by atoms with E-state index in [0.29, 0.717) is 6.10 Å². The van der Waals surface area contributed by atoms with Crippen molar-refractivity contribution in [2.75, 3.05) is 6.26 Å². The molecule has 1 atom stereocenters. The average molecular weight is 286 g/mol. The first-order chi connectivity index (χ1) is 9.76. The van der Waals surface area contributed by atoms with E-state index in [-0.39, 0.29) is 0 Å². The maximum Gasteiger partial charge on any atom is 0.120 e. The SMILES string of the molecule is CSc1ccc(C(O)c2cccc(OC3CC3)c2)cc1. The number of hydrogen-bond donors (Lipinski definition) is 1. The molecule has 2 aromatic carbocycles. The Morgan fingerprint density at radius 2 is 1.85 bits per heavy atom. The van der Waals surface area contributed by atoms with E-state index >= 15 is 0 Å². The molecule has 0 bridgehead atoms. The van der Waals surface area contributed by atoms with Crippen LogP contribution in [0.4, 0.5) is 0 Å². The minimum atomic E-state index is -0.603. The maximum atomic E-state index is 10.5. The summed E-state index contributed by atoms with van der Waals surface area (Å²) in [6.45, 7) is 0. The zero-order valence-corrected chi connectivity index (χ0v) is 12.3. The second kappa shape index (κ2) is 5.90. The number of aliphatic hydroxyl groups excluding tert-OH is 1. The molecule has 0 aromatic heterocycles. The van der Waals surface area contributed by atoms with Gasteiger partial charge in [-0.25, -0.2) is 0 Å².